The number of benzene rings is 1. The maximum absolute atomic E-state index is 12.2. The Labute approximate surface area is 147 Å². The average molecular weight is 366 g/mol. The second-order valence-corrected chi connectivity index (χ2v) is 7.34. The number of hydrogen-bond acceptors (Lipinski definition) is 5. The number of nitrogens with one attached hydrogen (secondary N) is 1. The number of ether oxygens (including phenoxy) is 1. The minimum atomic E-state index is -3.57. The summed E-state index contributed by atoms with van der Waals surface area (Å²) in [6.45, 7) is 0.866. The van der Waals surface area contributed by atoms with Gasteiger partial charge in [-0.05, 0) is 36.8 Å². The zero-order valence-corrected chi connectivity index (χ0v) is 15.1. The highest BCUT2D eigenvalue weighted by Gasteiger charge is 2.13. The Morgan fingerprint density at radius 3 is 2.60 bits per heavy atom. The molecule has 0 bridgehead atoms. The van der Waals surface area contributed by atoms with Gasteiger partial charge in [-0.25, -0.2) is 13.1 Å². The number of sulfonamides is 1. The van der Waals surface area contributed by atoms with E-state index in [0.29, 0.717) is 25.3 Å². The predicted octanol–water partition coefficient (Wildman–Crippen LogP) is 0.719. The summed E-state index contributed by atoms with van der Waals surface area (Å²) in [5.74, 6) is 0.267. The van der Waals surface area contributed by atoms with Gasteiger partial charge in [-0.2, -0.15) is 5.10 Å². The van der Waals surface area contributed by atoms with E-state index in [4.69, 9.17) is 4.74 Å². The van der Waals surface area contributed by atoms with Crippen molar-refractivity contribution >= 4 is 15.9 Å². The minimum Gasteiger partial charge on any atom is -0.484 e. The van der Waals surface area contributed by atoms with E-state index in [9.17, 15) is 13.2 Å². The molecule has 9 heteroatoms. The highest BCUT2D eigenvalue weighted by Crippen LogP contribution is 2.16. The van der Waals surface area contributed by atoms with Crippen molar-refractivity contribution < 1.29 is 17.9 Å². The molecule has 0 fully saturated rings. The minimum absolute atomic E-state index is 0.0925. The fourth-order valence-electron chi connectivity index (χ4n) is 1.95. The van der Waals surface area contributed by atoms with Gasteiger partial charge in [0, 0.05) is 39.6 Å². The lowest BCUT2D eigenvalue weighted by molar-refractivity contribution is -0.130. The van der Waals surface area contributed by atoms with Crippen molar-refractivity contribution in [1.29, 1.82) is 0 Å². The fourth-order valence-corrected chi connectivity index (χ4v) is 3.03. The third kappa shape index (κ3) is 5.87. The van der Waals surface area contributed by atoms with E-state index < -0.39 is 10.0 Å². The predicted molar refractivity (Wildman–Crippen MR) is 92.7 cm³/mol. The number of carbonyl (C=O) groups excluding carboxylic acids is 1. The molecule has 0 spiro atoms. The van der Waals surface area contributed by atoms with Crippen LogP contribution in [0.3, 0.4) is 0 Å². The van der Waals surface area contributed by atoms with Gasteiger partial charge in [0.25, 0.3) is 5.91 Å². The molecular weight excluding hydrogens is 344 g/mol. The molecule has 2 aromatic rings. The first-order chi connectivity index (χ1) is 11.9. The Kier molecular flexibility index (Phi) is 6.54. The Morgan fingerprint density at radius 2 is 2.00 bits per heavy atom. The summed E-state index contributed by atoms with van der Waals surface area (Å²) in [6, 6.07) is 7.78. The van der Waals surface area contributed by atoms with E-state index in [1.165, 1.54) is 29.2 Å². The zero-order chi connectivity index (χ0) is 18.3. The Morgan fingerprint density at radius 1 is 1.28 bits per heavy atom. The summed E-state index contributed by atoms with van der Waals surface area (Å²) in [4.78, 5) is 13.0. The van der Waals surface area contributed by atoms with E-state index in [-0.39, 0.29) is 17.4 Å². The average Bonchev–Trinajstić information content (AvgIpc) is 3.10. The lowest BCUT2D eigenvalue weighted by Gasteiger charge is -2.12. The number of amides is 1. The molecule has 25 heavy (non-hydrogen) atoms. The van der Waals surface area contributed by atoms with Crippen LogP contribution < -0.4 is 9.46 Å². The number of aryl methyl sites for hydroxylation is 1. The maximum Gasteiger partial charge on any atom is 0.259 e. The van der Waals surface area contributed by atoms with Gasteiger partial charge in [-0.3, -0.25) is 9.48 Å². The molecule has 2 rings (SSSR count). The highest BCUT2D eigenvalue weighted by molar-refractivity contribution is 7.89. The van der Waals surface area contributed by atoms with Crippen LogP contribution in [0.2, 0.25) is 0 Å². The molecule has 1 aromatic heterocycles. The van der Waals surface area contributed by atoms with Gasteiger partial charge in [0.05, 0.1) is 4.90 Å². The van der Waals surface area contributed by atoms with Crippen LogP contribution in [-0.2, 0) is 21.4 Å². The molecule has 1 heterocycles. The third-order valence-corrected chi connectivity index (χ3v) is 4.89. The second-order valence-electron chi connectivity index (χ2n) is 5.57. The van der Waals surface area contributed by atoms with E-state index in [2.05, 4.69) is 9.82 Å². The standard InChI is InChI=1S/C16H22N4O4S/c1-19(2)16(21)13-24-14-5-7-15(8-6-14)25(22,23)18-10-4-12-20-11-3-9-17-20/h3,5-9,11,18H,4,10,12-13H2,1-2H3. The molecule has 0 aliphatic rings. The van der Waals surface area contributed by atoms with E-state index in [0.717, 1.165) is 0 Å². The van der Waals surface area contributed by atoms with Crippen LogP contribution in [0, 0.1) is 0 Å². The van der Waals surface area contributed by atoms with E-state index in [1.54, 1.807) is 25.0 Å². The molecular formula is C16H22N4O4S. The van der Waals surface area contributed by atoms with Crippen LogP contribution in [0.5, 0.6) is 5.75 Å². The van der Waals surface area contributed by atoms with Gasteiger partial charge in [-0.15, -0.1) is 0 Å². The van der Waals surface area contributed by atoms with Crippen LogP contribution in [0.4, 0.5) is 0 Å². The summed E-state index contributed by atoms with van der Waals surface area (Å²) in [7, 11) is -0.297. The third-order valence-electron chi connectivity index (χ3n) is 3.41. The lowest BCUT2D eigenvalue weighted by atomic mass is 10.3. The summed E-state index contributed by atoms with van der Waals surface area (Å²) >= 11 is 0. The van der Waals surface area contributed by atoms with Crippen molar-refractivity contribution in [2.24, 2.45) is 0 Å². The van der Waals surface area contributed by atoms with Gasteiger partial charge in [0.1, 0.15) is 5.75 Å². The molecule has 1 amide bonds. The van der Waals surface area contributed by atoms with Crippen LogP contribution in [0.1, 0.15) is 6.42 Å². The van der Waals surface area contributed by atoms with Crippen molar-refractivity contribution in [3.05, 3.63) is 42.7 Å². The molecule has 0 aliphatic heterocycles. The monoisotopic (exact) mass is 366 g/mol. The van der Waals surface area contributed by atoms with Crippen LogP contribution in [0.15, 0.2) is 47.6 Å². The fraction of sp³-hybridized carbons (Fsp3) is 0.375. The van der Waals surface area contributed by atoms with Crippen molar-refractivity contribution in [2.45, 2.75) is 17.9 Å². The van der Waals surface area contributed by atoms with Crippen molar-refractivity contribution in [3.8, 4) is 5.75 Å². The summed E-state index contributed by atoms with van der Waals surface area (Å²) in [6.07, 6.45) is 4.14. The SMILES string of the molecule is CN(C)C(=O)COc1ccc(S(=O)(=O)NCCCn2cccn2)cc1. The van der Waals surface area contributed by atoms with Gasteiger partial charge >= 0.3 is 0 Å². The second kappa shape index (κ2) is 8.63. The quantitative estimate of drug-likeness (QED) is 0.660. The smallest absolute Gasteiger partial charge is 0.259 e. The largest absolute Gasteiger partial charge is 0.484 e. The van der Waals surface area contributed by atoms with E-state index >= 15 is 0 Å². The number of hydrogen-bond donors (Lipinski definition) is 1. The van der Waals surface area contributed by atoms with Gasteiger partial charge < -0.3 is 9.64 Å². The first-order valence-electron chi connectivity index (χ1n) is 7.78. The van der Waals surface area contributed by atoms with Crippen molar-refractivity contribution in [1.82, 2.24) is 19.4 Å². The summed E-state index contributed by atoms with van der Waals surface area (Å²) in [5.41, 5.74) is 0. The summed E-state index contributed by atoms with van der Waals surface area (Å²) < 4.78 is 34.1. The summed E-state index contributed by atoms with van der Waals surface area (Å²) in [5, 5.41) is 4.06. The molecule has 0 aliphatic carbocycles. The molecule has 0 radical (unpaired) electrons. The molecule has 0 saturated heterocycles. The molecule has 0 saturated carbocycles. The molecule has 1 N–H and O–H groups in total. The van der Waals surface area contributed by atoms with Crippen LogP contribution in [0.25, 0.3) is 0 Å². The molecule has 0 atom stereocenters. The number of aromatic nitrogens is 2. The zero-order valence-electron chi connectivity index (χ0n) is 14.3. The number of carbonyl (C=O) groups is 1. The van der Waals surface area contributed by atoms with Gasteiger partial charge in [0.2, 0.25) is 10.0 Å². The van der Waals surface area contributed by atoms with Gasteiger partial charge in [0.15, 0.2) is 6.61 Å². The lowest BCUT2D eigenvalue weighted by Crippen LogP contribution is -2.27. The molecule has 1 aromatic carbocycles. The first-order valence-corrected chi connectivity index (χ1v) is 9.27. The topological polar surface area (TPSA) is 93.5 Å². The highest BCUT2D eigenvalue weighted by atomic mass is 32.2. The van der Waals surface area contributed by atoms with E-state index in [1.807, 2.05) is 12.3 Å². The molecule has 0 unspecified atom stereocenters. The maximum atomic E-state index is 12.2. The molecule has 8 nitrogen and oxygen atoms in total. The normalized spacial score (nSPS) is 11.3. The van der Waals surface area contributed by atoms with Crippen LogP contribution >= 0.6 is 0 Å². The Bertz CT molecular complexity index is 771. The molecule has 136 valence electrons. The number of rotatable bonds is 9. The van der Waals surface area contributed by atoms with Gasteiger partial charge in [-0.1, -0.05) is 0 Å². The first kappa shape index (κ1) is 18.9. The Hall–Kier alpha value is -2.39. The van der Waals surface area contributed by atoms with Crippen molar-refractivity contribution in [3.63, 3.8) is 0 Å². The van der Waals surface area contributed by atoms with Crippen LogP contribution in [-0.4, -0.2) is 56.3 Å². The number of nitrogens with zero attached hydrogens (tertiary/aromatic N) is 3. The Balaban J connectivity index is 1.83. The van der Waals surface area contributed by atoms with Crippen molar-refractivity contribution in [2.75, 3.05) is 27.2 Å². The number of likely N-dealkylation sites (N-methyl/N-ethyl adjacent to an activating group) is 1.